The third-order valence-electron chi connectivity index (χ3n) is 4.67. The lowest BCUT2D eigenvalue weighted by Gasteiger charge is -2.12. The van der Waals surface area contributed by atoms with Crippen LogP contribution in [0.15, 0.2) is 48.8 Å². The number of nitrogens with zero attached hydrogens (tertiary/aromatic N) is 5. The number of aryl methyl sites for hydroxylation is 1. The number of aromatic nitrogens is 4. The van der Waals surface area contributed by atoms with E-state index in [1.807, 2.05) is 17.4 Å². The predicted molar refractivity (Wildman–Crippen MR) is 115 cm³/mol. The number of pyridine rings is 1. The molecule has 0 aliphatic heterocycles. The number of rotatable bonds is 7. The fourth-order valence-electron chi connectivity index (χ4n) is 3.19. The molecule has 10 nitrogen and oxygen atoms in total. The van der Waals surface area contributed by atoms with E-state index < -0.39 is 4.92 Å². The molecule has 4 N–H and O–H groups in total. The molecule has 0 radical (unpaired) electrons. The van der Waals surface area contributed by atoms with Crippen LogP contribution in [0.2, 0.25) is 0 Å². The van der Waals surface area contributed by atoms with E-state index in [1.54, 1.807) is 18.5 Å². The SMILES string of the molecule is Cc1cc(F)ccc1-c1cc2nccn2c(NCCNc2ccc([N+](=O)[O-])c(N)n2)n1. The van der Waals surface area contributed by atoms with Gasteiger partial charge in [0.1, 0.15) is 17.3 Å². The Kier molecular flexibility index (Phi) is 5.31. The lowest BCUT2D eigenvalue weighted by atomic mass is 10.1. The molecule has 11 heteroatoms. The molecule has 0 aliphatic carbocycles. The normalized spacial score (nSPS) is 10.9. The van der Waals surface area contributed by atoms with Crippen LogP contribution >= 0.6 is 0 Å². The molecule has 4 aromatic rings. The number of benzene rings is 1. The fourth-order valence-corrected chi connectivity index (χ4v) is 3.19. The summed E-state index contributed by atoms with van der Waals surface area (Å²) in [6.07, 6.45) is 3.46. The van der Waals surface area contributed by atoms with Crippen molar-refractivity contribution >= 4 is 28.9 Å². The third-order valence-corrected chi connectivity index (χ3v) is 4.67. The maximum absolute atomic E-state index is 13.5. The van der Waals surface area contributed by atoms with Gasteiger partial charge in [-0.05, 0) is 36.8 Å². The minimum Gasteiger partial charge on any atom is -0.378 e. The molecule has 0 fully saturated rings. The number of nitro groups is 1. The highest BCUT2D eigenvalue weighted by Crippen LogP contribution is 2.25. The number of nitrogens with one attached hydrogen (secondary N) is 2. The zero-order valence-electron chi connectivity index (χ0n) is 16.5. The molecular weight excluding hydrogens is 403 g/mol. The van der Waals surface area contributed by atoms with Gasteiger partial charge in [0.25, 0.3) is 0 Å². The highest BCUT2D eigenvalue weighted by Gasteiger charge is 2.13. The summed E-state index contributed by atoms with van der Waals surface area (Å²) in [5.41, 5.74) is 8.35. The molecule has 31 heavy (non-hydrogen) atoms. The maximum Gasteiger partial charge on any atom is 0.311 e. The second-order valence-corrected chi connectivity index (χ2v) is 6.79. The van der Waals surface area contributed by atoms with E-state index in [4.69, 9.17) is 5.73 Å². The zero-order valence-corrected chi connectivity index (χ0v) is 16.5. The van der Waals surface area contributed by atoms with Gasteiger partial charge in [-0.3, -0.25) is 14.5 Å². The quantitative estimate of drug-likeness (QED) is 0.235. The second kappa shape index (κ2) is 8.22. The average molecular weight is 422 g/mol. The first kappa shape index (κ1) is 20.0. The van der Waals surface area contributed by atoms with E-state index in [9.17, 15) is 14.5 Å². The number of hydrogen-bond acceptors (Lipinski definition) is 8. The lowest BCUT2D eigenvalue weighted by Crippen LogP contribution is -2.17. The van der Waals surface area contributed by atoms with E-state index in [-0.39, 0.29) is 17.3 Å². The van der Waals surface area contributed by atoms with Crippen LogP contribution in [0.1, 0.15) is 5.56 Å². The van der Waals surface area contributed by atoms with Crippen LogP contribution in [0.3, 0.4) is 0 Å². The molecule has 4 rings (SSSR count). The number of anilines is 3. The Balaban J connectivity index is 1.49. The van der Waals surface area contributed by atoms with Crippen LogP contribution in [-0.4, -0.2) is 37.4 Å². The van der Waals surface area contributed by atoms with Gasteiger partial charge in [-0.1, -0.05) is 0 Å². The van der Waals surface area contributed by atoms with Crippen LogP contribution in [0, 0.1) is 22.9 Å². The Morgan fingerprint density at radius 2 is 1.97 bits per heavy atom. The molecule has 1 aromatic carbocycles. The summed E-state index contributed by atoms with van der Waals surface area (Å²) >= 11 is 0. The van der Waals surface area contributed by atoms with Crippen LogP contribution in [-0.2, 0) is 0 Å². The van der Waals surface area contributed by atoms with Crippen LogP contribution < -0.4 is 16.4 Å². The number of halogens is 1. The largest absolute Gasteiger partial charge is 0.378 e. The smallest absolute Gasteiger partial charge is 0.311 e. The van der Waals surface area contributed by atoms with Crippen molar-refractivity contribution in [3.63, 3.8) is 0 Å². The molecule has 0 saturated heterocycles. The van der Waals surface area contributed by atoms with Crippen molar-refractivity contribution in [2.75, 3.05) is 29.5 Å². The highest BCUT2D eigenvalue weighted by atomic mass is 19.1. The third kappa shape index (κ3) is 4.20. The Bertz CT molecular complexity index is 1270. The zero-order chi connectivity index (χ0) is 22.0. The predicted octanol–water partition coefficient (Wildman–Crippen LogP) is 3.25. The van der Waals surface area contributed by atoms with Gasteiger partial charge in [0.15, 0.2) is 0 Å². The number of fused-ring (bicyclic) bond motifs is 1. The van der Waals surface area contributed by atoms with Gasteiger partial charge < -0.3 is 16.4 Å². The molecule has 0 atom stereocenters. The van der Waals surface area contributed by atoms with Crippen molar-refractivity contribution in [2.24, 2.45) is 0 Å². The Morgan fingerprint density at radius 1 is 1.16 bits per heavy atom. The number of imidazole rings is 1. The van der Waals surface area contributed by atoms with E-state index >= 15 is 0 Å². The summed E-state index contributed by atoms with van der Waals surface area (Å²) in [6.45, 7) is 2.77. The highest BCUT2D eigenvalue weighted by molar-refractivity contribution is 5.69. The van der Waals surface area contributed by atoms with E-state index in [0.717, 1.165) is 11.1 Å². The van der Waals surface area contributed by atoms with Gasteiger partial charge in [0.05, 0.1) is 10.6 Å². The van der Waals surface area contributed by atoms with E-state index in [2.05, 4.69) is 25.6 Å². The van der Waals surface area contributed by atoms with Gasteiger partial charge in [0, 0.05) is 43.2 Å². The van der Waals surface area contributed by atoms with Crippen molar-refractivity contribution in [1.82, 2.24) is 19.4 Å². The van der Waals surface area contributed by atoms with Gasteiger partial charge >= 0.3 is 5.69 Å². The van der Waals surface area contributed by atoms with Crippen molar-refractivity contribution in [3.05, 3.63) is 70.3 Å². The first-order valence-electron chi connectivity index (χ1n) is 9.41. The summed E-state index contributed by atoms with van der Waals surface area (Å²) in [6, 6.07) is 9.21. The van der Waals surface area contributed by atoms with E-state index in [1.165, 1.54) is 24.3 Å². The van der Waals surface area contributed by atoms with Gasteiger partial charge in [-0.2, -0.15) is 0 Å². The van der Waals surface area contributed by atoms with Crippen molar-refractivity contribution < 1.29 is 9.31 Å². The summed E-state index contributed by atoms with van der Waals surface area (Å²) < 4.78 is 15.3. The van der Waals surface area contributed by atoms with Crippen molar-refractivity contribution in [1.29, 1.82) is 0 Å². The minimum absolute atomic E-state index is 0.146. The molecule has 158 valence electrons. The first-order valence-corrected chi connectivity index (χ1v) is 9.41. The maximum atomic E-state index is 13.5. The van der Waals surface area contributed by atoms with Crippen LogP contribution in [0.5, 0.6) is 0 Å². The summed E-state index contributed by atoms with van der Waals surface area (Å²) in [4.78, 5) is 23.2. The van der Waals surface area contributed by atoms with Crippen molar-refractivity contribution in [3.8, 4) is 11.3 Å². The second-order valence-electron chi connectivity index (χ2n) is 6.79. The Labute approximate surface area is 176 Å². The minimum atomic E-state index is -0.578. The molecule has 0 unspecified atom stereocenters. The topological polar surface area (TPSA) is 136 Å². The number of nitrogen functional groups attached to an aromatic ring is 1. The molecule has 3 aromatic heterocycles. The van der Waals surface area contributed by atoms with Crippen LogP contribution in [0.25, 0.3) is 16.9 Å². The van der Waals surface area contributed by atoms with Crippen molar-refractivity contribution in [2.45, 2.75) is 6.92 Å². The molecule has 0 spiro atoms. The van der Waals surface area contributed by atoms with Gasteiger partial charge in [-0.15, -0.1) is 0 Å². The molecule has 3 heterocycles. The van der Waals surface area contributed by atoms with Gasteiger partial charge in [-0.25, -0.2) is 19.3 Å². The molecule has 0 saturated carbocycles. The summed E-state index contributed by atoms with van der Waals surface area (Å²) in [5, 5.41) is 17.1. The number of nitrogens with two attached hydrogens (primary N) is 1. The molecule has 0 amide bonds. The molecular formula is C20H19FN8O2. The van der Waals surface area contributed by atoms with Gasteiger partial charge in [0.2, 0.25) is 11.8 Å². The Morgan fingerprint density at radius 3 is 2.71 bits per heavy atom. The van der Waals surface area contributed by atoms with E-state index in [0.29, 0.717) is 36.2 Å². The fraction of sp³-hybridized carbons (Fsp3) is 0.150. The summed E-state index contributed by atoms with van der Waals surface area (Å²) in [7, 11) is 0. The first-order chi connectivity index (χ1) is 14.9. The molecule has 0 aliphatic rings. The van der Waals surface area contributed by atoms with Crippen LogP contribution in [0.4, 0.5) is 27.7 Å². The average Bonchev–Trinajstić information content (AvgIpc) is 3.19. The molecule has 0 bridgehead atoms. The summed E-state index contributed by atoms with van der Waals surface area (Å²) in [5.74, 6) is 0.563. The Hall–Kier alpha value is -4.28. The standard InChI is InChI=1S/C20H19FN8O2/c1-12-10-13(21)2-3-14(12)15-11-18-24-8-9-28(18)20(26-15)25-7-6-23-17-5-4-16(29(30)31)19(22)27-17/h2-5,8-11H,6-7H2,1H3,(H,25,26)(H3,22,23,27). The lowest BCUT2D eigenvalue weighted by molar-refractivity contribution is -0.384. The monoisotopic (exact) mass is 422 g/mol. The number of hydrogen-bond donors (Lipinski definition) is 3.